The number of halogens is 1. The van der Waals surface area contributed by atoms with E-state index >= 15 is 0 Å². The van der Waals surface area contributed by atoms with E-state index in [2.05, 4.69) is 57.6 Å². The second-order valence-corrected chi connectivity index (χ2v) is 5.38. The summed E-state index contributed by atoms with van der Waals surface area (Å²) in [7, 11) is 0. The molecule has 17 heavy (non-hydrogen) atoms. The fourth-order valence-corrected chi connectivity index (χ4v) is 2.29. The second kappa shape index (κ2) is 6.50. The molecule has 3 nitrogen and oxygen atoms in total. The molecule has 1 N–H and O–H groups in total. The van der Waals surface area contributed by atoms with Crippen molar-refractivity contribution in [1.82, 2.24) is 10.4 Å². The molecule has 1 heterocycles. The molecule has 0 aliphatic carbocycles. The smallest absolute Gasteiger partial charge is 0.0608 e. The predicted octanol–water partition coefficient (Wildman–Crippen LogP) is 2.22. The van der Waals surface area contributed by atoms with Gasteiger partial charge in [0.1, 0.15) is 0 Å². The molecule has 1 atom stereocenters. The van der Waals surface area contributed by atoms with E-state index in [1.54, 1.807) is 0 Å². The molecule has 4 heteroatoms. The lowest BCUT2D eigenvalue weighted by atomic mass is 10.1. The van der Waals surface area contributed by atoms with Crippen molar-refractivity contribution < 1.29 is 4.74 Å². The Morgan fingerprint density at radius 1 is 1.29 bits per heavy atom. The lowest BCUT2D eigenvalue weighted by Crippen LogP contribution is -2.49. The Bertz CT molecular complexity index is 336. The van der Waals surface area contributed by atoms with E-state index in [9.17, 15) is 0 Å². The number of morpholine rings is 1. The number of rotatable bonds is 4. The van der Waals surface area contributed by atoms with Crippen molar-refractivity contribution in [3.05, 3.63) is 34.3 Å². The molecule has 1 aromatic carbocycles. The van der Waals surface area contributed by atoms with E-state index in [-0.39, 0.29) is 0 Å². The first kappa shape index (κ1) is 13.0. The van der Waals surface area contributed by atoms with Gasteiger partial charge in [-0.3, -0.25) is 5.43 Å². The molecular formula is C13H19BrN2O. The van der Waals surface area contributed by atoms with Crippen molar-refractivity contribution in [2.45, 2.75) is 19.4 Å². The molecular weight excluding hydrogens is 280 g/mol. The van der Waals surface area contributed by atoms with E-state index in [0.29, 0.717) is 6.04 Å². The third-order valence-corrected chi connectivity index (χ3v) is 3.40. The summed E-state index contributed by atoms with van der Waals surface area (Å²) in [6.45, 7) is 5.84. The Balaban J connectivity index is 1.79. The van der Waals surface area contributed by atoms with Gasteiger partial charge in [0.05, 0.1) is 13.2 Å². The summed E-state index contributed by atoms with van der Waals surface area (Å²) in [6, 6.07) is 8.98. The monoisotopic (exact) mass is 298 g/mol. The highest BCUT2D eigenvalue weighted by Crippen LogP contribution is 2.12. The van der Waals surface area contributed by atoms with Crippen LogP contribution in [-0.2, 0) is 11.2 Å². The maximum atomic E-state index is 5.33. The van der Waals surface area contributed by atoms with Crippen LogP contribution in [0.25, 0.3) is 0 Å². The van der Waals surface area contributed by atoms with Crippen LogP contribution in [0.3, 0.4) is 0 Å². The number of hydrogen-bond donors (Lipinski definition) is 1. The van der Waals surface area contributed by atoms with E-state index in [1.807, 2.05) is 0 Å². The highest BCUT2D eigenvalue weighted by molar-refractivity contribution is 9.10. The van der Waals surface area contributed by atoms with Gasteiger partial charge in [-0.15, -0.1) is 0 Å². The lowest BCUT2D eigenvalue weighted by Gasteiger charge is -2.30. The maximum absolute atomic E-state index is 5.33. The van der Waals surface area contributed by atoms with Crippen LogP contribution < -0.4 is 5.43 Å². The highest BCUT2D eigenvalue weighted by Gasteiger charge is 2.12. The van der Waals surface area contributed by atoms with Crippen LogP contribution in [-0.4, -0.2) is 37.4 Å². The summed E-state index contributed by atoms with van der Waals surface area (Å²) in [5, 5.41) is 2.26. The van der Waals surface area contributed by atoms with Crippen molar-refractivity contribution in [3.8, 4) is 0 Å². The van der Waals surface area contributed by atoms with Gasteiger partial charge in [0, 0.05) is 23.6 Å². The zero-order valence-corrected chi connectivity index (χ0v) is 11.7. The molecule has 0 amide bonds. The van der Waals surface area contributed by atoms with Crippen LogP contribution in [0.1, 0.15) is 12.5 Å². The quantitative estimate of drug-likeness (QED) is 0.922. The molecule has 0 bridgehead atoms. The molecule has 1 saturated heterocycles. The number of benzene rings is 1. The fraction of sp³-hybridized carbons (Fsp3) is 0.538. The van der Waals surface area contributed by atoms with Crippen LogP contribution in [0.4, 0.5) is 0 Å². The molecule has 0 spiro atoms. The first-order valence-electron chi connectivity index (χ1n) is 6.07. The zero-order valence-electron chi connectivity index (χ0n) is 10.2. The molecule has 1 aliphatic rings. The molecule has 0 aromatic heterocycles. The summed E-state index contributed by atoms with van der Waals surface area (Å²) in [5.41, 5.74) is 4.89. The Morgan fingerprint density at radius 3 is 2.59 bits per heavy atom. The van der Waals surface area contributed by atoms with Gasteiger partial charge in [-0.05, 0) is 31.0 Å². The van der Waals surface area contributed by atoms with E-state index in [1.165, 1.54) is 5.56 Å². The Labute approximate surface area is 111 Å². The summed E-state index contributed by atoms with van der Waals surface area (Å²) < 4.78 is 6.46. The van der Waals surface area contributed by atoms with Crippen molar-refractivity contribution in [1.29, 1.82) is 0 Å². The van der Waals surface area contributed by atoms with Crippen molar-refractivity contribution in [2.75, 3.05) is 26.3 Å². The first-order valence-corrected chi connectivity index (χ1v) is 6.86. The minimum Gasteiger partial charge on any atom is -0.379 e. The minimum absolute atomic E-state index is 0.453. The molecule has 1 aromatic rings. The Kier molecular flexibility index (Phi) is 4.98. The molecule has 1 aliphatic heterocycles. The third-order valence-electron chi connectivity index (χ3n) is 2.87. The highest BCUT2D eigenvalue weighted by atomic mass is 79.9. The standard InChI is InChI=1S/C13H19BrN2O/c1-11(15-16-6-8-17-9-7-16)10-12-2-4-13(14)5-3-12/h2-5,11,15H,6-10H2,1H3. The maximum Gasteiger partial charge on any atom is 0.0608 e. The summed E-state index contributed by atoms with van der Waals surface area (Å²) >= 11 is 3.45. The lowest BCUT2D eigenvalue weighted by molar-refractivity contribution is 0.00511. The summed E-state index contributed by atoms with van der Waals surface area (Å²) in [5.74, 6) is 0. The SMILES string of the molecule is CC(Cc1ccc(Br)cc1)NN1CCOCC1. The number of hydrogen-bond acceptors (Lipinski definition) is 3. The molecule has 0 radical (unpaired) electrons. The number of nitrogens with zero attached hydrogens (tertiary/aromatic N) is 1. The Morgan fingerprint density at radius 2 is 1.94 bits per heavy atom. The fourth-order valence-electron chi connectivity index (χ4n) is 2.02. The molecule has 0 saturated carbocycles. The molecule has 94 valence electrons. The van der Waals surface area contributed by atoms with Gasteiger partial charge < -0.3 is 4.74 Å². The van der Waals surface area contributed by atoms with E-state index in [4.69, 9.17) is 4.74 Å². The number of ether oxygens (including phenoxy) is 1. The van der Waals surface area contributed by atoms with Gasteiger partial charge in [0.25, 0.3) is 0 Å². The van der Waals surface area contributed by atoms with Gasteiger partial charge in [-0.25, -0.2) is 5.01 Å². The topological polar surface area (TPSA) is 24.5 Å². The van der Waals surface area contributed by atoms with Crippen molar-refractivity contribution in [3.63, 3.8) is 0 Å². The van der Waals surface area contributed by atoms with Crippen molar-refractivity contribution in [2.24, 2.45) is 0 Å². The normalized spacial score (nSPS) is 19.2. The van der Waals surface area contributed by atoms with Crippen molar-refractivity contribution >= 4 is 15.9 Å². The molecule has 2 rings (SSSR count). The second-order valence-electron chi connectivity index (χ2n) is 4.46. The predicted molar refractivity (Wildman–Crippen MR) is 72.8 cm³/mol. The molecule has 1 unspecified atom stereocenters. The minimum atomic E-state index is 0.453. The summed E-state index contributed by atoms with van der Waals surface area (Å²) in [6.07, 6.45) is 1.05. The van der Waals surface area contributed by atoms with Crippen LogP contribution in [0.2, 0.25) is 0 Å². The average molecular weight is 299 g/mol. The number of nitrogens with one attached hydrogen (secondary N) is 1. The van der Waals surface area contributed by atoms with Gasteiger partial charge in [0.2, 0.25) is 0 Å². The van der Waals surface area contributed by atoms with Gasteiger partial charge in [-0.2, -0.15) is 0 Å². The van der Waals surface area contributed by atoms with Gasteiger partial charge in [0.15, 0.2) is 0 Å². The first-order chi connectivity index (χ1) is 8.24. The van der Waals surface area contributed by atoms with Gasteiger partial charge in [-0.1, -0.05) is 28.1 Å². The van der Waals surface area contributed by atoms with Crippen LogP contribution >= 0.6 is 15.9 Å². The molecule has 1 fully saturated rings. The van der Waals surface area contributed by atoms with E-state index in [0.717, 1.165) is 37.2 Å². The summed E-state index contributed by atoms with van der Waals surface area (Å²) in [4.78, 5) is 0. The van der Waals surface area contributed by atoms with E-state index < -0.39 is 0 Å². The van der Waals surface area contributed by atoms with Crippen LogP contribution in [0.15, 0.2) is 28.7 Å². The van der Waals surface area contributed by atoms with Crippen LogP contribution in [0.5, 0.6) is 0 Å². The zero-order chi connectivity index (χ0) is 12.1. The Hall–Kier alpha value is -0.420. The van der Waals surface area contributed by atoms with Crippen LogP contribution in [0, 0.1) is 0 Å². The average Bonchev–Trinajstić information content (AvgIpc) is 2.33. The van der Waals surface area contributed by atoms with Gasteiger partial charge >= 0.3 is 0 Å². The number of hydrazine groups is 1. The third kappa shape index (κ3) is 4.39. The largest absolute Gasteiger partial charge is 0.379 e.